The van der Waals surface area contributed by atoms with Crippen LogP contribution in [0.25, 0.3) is 0 Å². The number of ether oxygens (including phenoxy) is 3. The molecule has 0 aromatic rings. The Labute approximate surface area is 154 Å². The molecule has 0 spiro atoms. The molecule has 0 fully saturated rings. The van der Waals surface area contributed by atoms with Crippen molar-refractivity contribution in [2.24, 2.45) is 0 Å². The second-order valence-electron chi connectivity index (χ2n) is 3.52. The Bertz CT molecular complexity index is 350. The van der Waals surface area contributed by atoms with Crippen molar-refractivity contribution >= 4 is 35.8 Å². The first-order valence-electron chi connectivity index (χ1n) is 5.93. The second kappa shape index (κ2) is 19.5. The molecule has 0 saturated carbocycles. The van der Waals surface area contributed by atoms with Crippen LogP contribution in [0.4, 0.5) is 0 Å². The Morgan fingerprint density at radius 1 is 0.560 bits per heavy atom. The Morgan fingerprint density at radius 3 is 0.760 bits per heavy atom. The number of hydrogen-bond donors (Lipinski definition) is 3. The molecule has 0 saturated heterocycles. The molecule has 0 aliphatic carbocycles. The number of carbonyl (C=O) groups excluding carboxylic acids is 3. The Morgan fingerprint density at radius 2 is 0.720 bits per heavy atom. The van der Waals surface area contributed by atoms with E-state index in [0.717, 1.165) is 20.8 Å². The van der Waals surface area contributed by atoms with Gasteiger partial charge in [0.2, 0.25) is 0 Å². The first-order chi connectivity index (χ1) is 10.9. The molecular formula is C12H18O12Rh. The topological polar surface area (TPSA) is 191 Å². The standard InChI is InChI=1S/3C4H6O4.Rh/c3*1-3(5)8-2-4(6)7;/h3*2H2,1H3,(H,6,7);. The Hall–Kier alpha value is -2.56. The molecule has 0 atom stereocenters. The minimum absolute atomic E-state index is 0. The van der Waals surface area contributed by atoms with E-state index in [4.69, 9.17) is 15.3 Å². The molecule has 0 aliphatic rings. The van der Waals surface area contributed by atoms with Gasteiger partial charge in [-0.15, -0.1) is 0 Å². The molecule has 0 amide bonds. The zero-order valence-corrected chi connectivity index (χ0v) is 15.1. The molecule has 0 aromatic heterocycles. The molecule has 0 unspecified atom stereocenters. The molecule has 1 radical (unpaired) electrons. The summed E-state index contributed by atoms with van der Waals surface area (Å²) in [5.74, 6) is -5.15. The van der Waals surface area contributed by atoms with Crippen LogP contribution < -0.4 is 0 Å². The quantitative estimate of drug-likeness (QED) is 0.248. The van der Waals surface area contributed by atoms with E-state index in [0.29, 0.717) is 0 Å². The van der Waals surface area contributed by atoms with Crippen LogP contribution in [0.2, 0.25) is 0 Å². The van der Waals surface area contributed by atoms with Gasteiger partial charge in [0.25, 0.3) is 0 Å². The van der Waals surface area contributed by atoms with Crippen molar-refractivity contribution in [3.63, 3.8) is 0 Å². The molecular weight excluding hydrogens is 439 g/mol. The third kappa shape index (κ3) is 52.4. The van der Waals surface area contributed by atoms with Crippen molar-refractivity contribution in [2.75, 3.05) is 19.8 Å². The monoisotopic (exact) mass is 457 g/mol. The summed E-state index contributed by atoms with van der Waals surface area (Å²) in [5.41, 5.74) is 0. The molecule has 0 bridgehead atoms. The predicted molar refractivity (Wildman–Crippen MR) is 72.8 cm³/mol. The summed E-state index contributed by atoms with van der Waals surface area (Å²) < 4.78 is 12.2. The average molecular weight is 457 g/mol. The van der Waals surface area contributed by atoms with Crippen LogP contribution in [-0.4, -0.2) is 71.0 Å². The maximum atomic E-state index is 9.86. The van der Waals surface area contributed by atoms with Gasteiger partial charge in [0.15, 0.2) is 19.8 Å². The first kappa shape index (κ1) is 30.3. The van der Waals surface area contributed by atoms with E-state index in [1.807, 2.05) is 0 Å². The van der Waals surface area contributed by atoms with E-state index < -0.39 is 55.6 Å². The zero-order chi connectivity index (χ0) is 19.7. The SMILES string of the molecule is CC(=O)OCC(=O)O.CC(=O)OCC(=O)O.CC(=O)OCC(=O)O.[Rh]. The van der Waals surface area contributed by atoms with E-state index in [9.17, 15) is 28.8 Å². The summed E-state index contributed by atoms with van der Waals surface area (Å²) in [6, 6.07) is 0. The summed E-state index contributed by atoms with van der Waals surface area (Å²) >= 11 is 0. The number of carboxylic acids is 3. The van der Waals surface area contributed by atoms with Crippen molar-refractivity contribution in [1.82, 2.24) is 0 Å². The molecule has 147 valence electrons. The van der Waals surface area contributed by atoms with Crippen LogP contribution in [0.3, 0.4) is 0 Å². The molecule has 0 heterocycles. The largest absolute Gasteiger partial charge is 0.479 e. The number of rotatable bonds is 6. The van der Waals surface area contributed by atoms with Crippen LogP contribution in [0.5, 0.6) is 0 Å². The summed E-state index contributed by atoms with van der Waals surface area (Å²) in [5, 5.41) is 23.7. The van der Waals surface area contributed by atoms with Gasteiger partial charge in [0.05, 0.1) is 0 Å². The fourth-order valence-electron chi connectivity index (χ4n) is 0.490. The van der Waals surface area contributed by atoms with Gasteiger partial charge < -0.3 is 29.5 Å². The van der Waals surface area contributed by atoms with Crippen molar-refractivity contribution in [1.29, 1.82) is 0 Å². The van der Waals surface area contributed by atoms with E-state index in [2.05, 4.69) is 14.2 Å². The number of esters is 3. The van der Waals surface area contributed by atoms with Crippen molar-refractivity contribution in [3.8, 4) is 0 Å². The second-order valence-corrected chi connectivity index (χ2v) is 3.52. The fourth-order valence-corrected chi connectivity index (χ4v) is 0.490. The van der Waals surface area contributed by atoms with Crippen LogP contribution in [-0.2, 0) is 62.5 Å². The average Bonchev–Trinajstić information content (AvgIpc) is 2.42. The number of carbonyl (C=O) groups is 6. The van der Waals surface area contributed by atoms with Crippen LogP contribution in [0.15, 0.2) is 0 Å². The molecule has 3 N–H and O–H groups in total. The van der Waals surface area contributed by atoms with Gasteiger partial charge in [-0.1, -0.05) is 0 Å². The number of aliphatic carboxylic acids is 3. The molecule has 0 aromatic carbocycles. The molecule has 0 rings (SSSR count). The predicted octanol–water partition coefficient (Wildman–Crippen LogP) is -1.10. The minimum atomic E-state index is -1.14. The summed E-state index contributed by atoms with van der Waals surface area (Å²) in [7, 11) is 0. The maximum absolute atomic E-state index is 9.86. The number of carboxylic acid groups (broad SMARTS) is 3. The summed E-state index contributed by atoms with van der Waals surface area (Å²) in [6.07, 6.45) is 0. The summed E-state index contributed by atoms with van der Waals surface area (Å²) in [6.45, 7) is 1.83. The van der Waals surface area contributed by atoms with Crippen LogP contribution in [0, 0.1) is 0 Å². The van der Waals surface area contributed by atoms with Gasteiger partial charge in [0.1, 0.15) is 0 Å². The van der Waals surface area contributed by atoms with E-state index in [1.165, 1.54) is 0 Å². The number of hydrogen-bond acceptors (Lipinski definition) is 9. The van der Waals surface area contributed by atoms with E-state index in [-0.39, 0.29) is 19.5 Å². The van der Waals surface area contributed by atoms with Gasteiger partial charge in [-0.05, 0) is 0 Å². The zero-order valence-electron chi connectivity index (χ0n) is 13.5. The van der Waals surface area contributed by atoms with Gasteiger partial charge >= 0.3 is 35.8 Å². The third-order valence-electron chi connectivity index (χ3n) is 1.20. The van der Waals surface area contributed by atoms with Crippen molar-refractivity contribution < 1.29 is 77.8 Å². The molecule has 25 heavy (non-hydrogen) atoms. The molecule has 12 nitrogen and oxygen atoms in total. The normalized spacial score (nSPS) is 7.80. The third-order valence-corrected chi connectivity index (χ3v) is 1.20. The first-order valence-corrected chi connectivity index (χ1v) is 5.93. The smallest absolute Gasteiger partial charge is 0.341 e. The van der Waals surface area contributed by atoms with Crippen molar-refractivity contribution in [3.05, 3.63) is 0 Å². The maximum Gasteiger partial charge on any atom is 0.341 e. The van der Waals surface area contributed by atoms with E-state index in [1.54, 1.807) is 0 Å². The molecule has 0 aliphatic heterocycles. The van der Waals surface area contributed by atoms with E-state index >= 15 is 0 Å². The fraction of sp³-hybridized carbons (Fsp3) is 0.500. The van der Waals surface area contributed by atoms with Crippen LogP contribution >= 0.6 is 0 Å². The van der Waals surface area contributed by atoms with Gasteiger partial charge in [-0.2, -0.15) is 0 Å². The summed E-state index contributed by atoms with van der Waals surface area (Å²) in [4.78, 5) is 58.5. The van der Waals surface area contributed by atoms with Gasteiger partial charge in [-0.3, -0.25) is 14.4 Å². The van der Waals surface area contributed by atoms with Crippen molar-refractivity contribution in [2.45, 2.75) is 20.8 Å². The Kier molecular flexibility index (Phi) is 23.7. The van der Waals surface area contributed by atoms with Gasteiger partial charge in [0, 0.05) is 40.2 Å². The van der Waals surface area contributed by atoms with Gasteiger partial charge in [-0.25, -0.2) is 14.4 Å². The minimum Gasteiger partial charge on any atom is -0.479 e. The Balaban J connectivity index is -0.000000130. The van der Waals surface area contributed by atoms with Crippen LogP contribution in [0.1, 0.15) is 20.8 Å². The molecule has 13 heteroatoms.